The molecule has 1 amide bonds. The number of hydrogen-bond donors (Lipinski definition) is 1. The van der Waals surface area contributed by atoms with E-state index in [9.17, 15) is 9.59 Å². The Hall–Kier alpha value is -0.860. The lowest BCUT2D eigenvalue weighted by Crippen LogP contribution is -2.32. The van der Waals surface area contributed by atoms with Crippen molar-refractivity contribution >= 4 is 12.2 Å². The van der Waals surface area contributed by atoms with Gasteiger partial charge in [-0.3, -0.25) is 9.59 Å². The van der Waals surface area contributed by atoms with Gasteiger partial charge in [0.05, 0.1) is 6.04 Å². The summed E-state index contributed by atoms with van der Waals surface area (Å²) >= 11 is 0. The fraction of sp³-hybridized carbons (Fsp3) is 0.667. The van der Waals surface area contributed by atoms with Crippen LogP contribution in [0.25, 0.3) is 0 Å². The molecule has 0 aromatic heterocycles. The molecule has 0 aliphatic carbocycles. The van der Waals surface area contributed by atoms with Crippen LogP contribution in [0.4, 0.5) is 0 Å². The normalized spacial score (nSPS) is 12.2. The summed E-state index contributed by atoms with van der Waals surface area (Å²) in [4.78, 5) is 20.3. The smallest absolute Gasteiger partial charge is 0.222 e. The summed E-state index contributed by atoms with van der Waals surface area (Å²) in [6, 6.07) is -0.475. The Kier molecular flexibility index (Phi) is 3.67. The van der Waals surface area contributed by atoms with Gasteiger partial charge in [0.15, 0.2) is 0 Å². The molecule has 9 heavy (non-hydrogen) atoms. The lowest BCUT2D eigenvalue weighted by molar-refractivity contribution is -0.120. The molecule has 0 rings (SSSR count). The first-order chi connectivity index (χ1) is 4.20. The molecular formula is C6H10NO2. The van der Waals surface area contributed by atoms with Crippen molar-refractivity contribution in [1.29, 1.82) is 0 Å². The van der Waals surface area contributed by atoms with E-state index in [1.54, 1.807) is 20.1 Å². The zero-order chi connectivity index (χ0) is 7.28. The molecule has 0 bridgehead atoms. The summed E-state index contributed by atoms with van der Waals surface area (Å²) < 4.78 is 0. The third-order valence-electron chi connectivity index (χ3n) is 0.875. The van der Waals surface area contributed by atoms with Gasteiger partial charge in [-0.1, -0.05) is 6.92 Å². The molecule has 51 valence electrons. The van der Waals surface area contributed by atoms with E-state index < -0.39 is 6.04 Å². The maximum Gasteiger partial charge on any atom is 0.222 e. The highest BCUT2D eigenvalue weighted by Gasteiger charge is 2.02. The number of carbonyl (C=O) groups is 1. The van der Waals surface area contributed by atoms with Gasteiger partial charge in [0.25, 0.3) is 0 Å². The summed E-state index contributed by atoms with van der Waals surface area (Å²) in [6.07, 6.45) is 2.06. The van der Waals surface area contributed by atoms with Crippen LogP contribution in [-0.4, -0.2) is 18.2 Å². The quantitative estimate of drug-likeness (QED) is 0.582. The second-order valence-electron chi connectivity index (χ2n) is 1.76. The van der Waals surface area contributed by atoms with E-state index in [1.807, 2.05) is 0 Å². The third-order valence-corrected chi connectivity index (χ3v) is 0.875. The van der Waals surface area contributed by atoms with E-state index in [4.69, 9.17) is 0 Å². The van der Waals surface area contributed by atoms with Gasteiger partial charge in [0.2, 0.25) is 12.2 Å². The topological polar surface area (TPSA) is 46.2 Å². The van der Waals surface area contributed by atoms with Crippen LogP contribution < -0.4 is 5.32 Å². The molecule has 0 saturated carbocycles. The molecular weight excluding hydrogens is 118 g/mol. The number of hydrogen-bond acceptors (Lipinski definition) is 2. The first kappa shape index (κ1) is 8.14. The third kappa shape index (κ3) is 3.70. The number of nitrogens with one attached hydrogen (secondary N) is 1. The first-order valence-corrected chi connectivity index (χ1v) is 2.87. The molecule has 3 nitrogen and oxygen atoms in total. The van der Waals surface area contributed by atoms with Crippen LogP contribution in [0.5, 0.6) is 0 Å². The SMILES string of the molecule is CCC(=O)N[C@@H](C)[C]=O. The minimum atomic E-state index is -0.475. The fourth-order valence-corrected chi connectivity index (χ4v) is 0.373. The van der Waals surface area contributed by atoms with Crippen molar-refractivity contribution in [2.45, 2.75) is 26.3 Å². The summed E-state index contributed by atoms with van der Waals surface area (Å²) in [5.41, 5.74) is 0. The molecule has 1 atom stereocenters. The van der Waals surface area contributed by atoms with Gasteiger partial charge in [-0.15, -0.1) is 0 Å². The second-order valence-corrected chi connectivity index (χ2v) is 1.76. The minimum absolute atomic E-state index is 0.120. The average molecular weight is 128 g/mol. The molecule has 0 unspecified atom stereocenters. The predicted molar refractivity (Wildman–Crippen MR) is 33.6 cm³/mol. The molecule has 0 fully saturated rings. The highest BCUT2D eigenvalue weighted by Crippen LogP contribution is 1.78. The zero-order valence-electron chi connectivity index (χ0n) is 5.60. The van der Waals surface area contributed by atoms with Crippen molar-refractivity contribution in [3.63, 3.8) is 0 Å². The van der Waals surface area contributed by atoms with Gasteiger partial charge in [0, 0.05) is 6.42 Å². The predicted octanol–water partition coefficient (Wildman–Crippen LogP) is 0.0108. The van der Waals surface area contributed by atoms with Crippen LogP contribution in [0, 0.1) is 0 Å². The Morgan fingerprint density at radius 2 is 2.33 bits per heavy atom. The summed E-state index contributed by atoms with van der Waals surface area (Å²) in [6.45, 7) is 3.31. The van der Waals surface area contributed by atoms with Crippen molar-refractivity contribution in [2.75, 3.05) is 0 Å². The maximum atomic E-state index is 10.5. The Bertz CT molecular complexity index is 112. The molecule has 0 aromatic carbocycles. The minimum Gasteiger partial charge on any atom is -0.346 e. The van der Waals surface area contributed by atoms with Crippen LogP contribution in [-0.2, 0) is 9.59 Å². The summed E-state index contributed by atoms with van der Waals surface area (Å²) in [5.74, 6) is -0.120. The molecule has 0 saturated heterocycles. The van der Waals surface area contributed by atoms with Crippen LogP contribution in [0.1, 0.15) is 20.3 Å². The van der Waals surface area contributed by atoms with Crippen LogP contribution in [0.3, 0.4) is 0 Å². The molecule has 3 heteroatoms. The van der Waals surface area contributed by atoms with Gasteiger partial charge in [-0.2, -0.15) is 0 Å². The van der Waals surface area contributed by atoms with Gasteiger partial charge < -0.3 is 5.32 Å². The lowest BCUT2D eigenvalue weighted by Gasteiger charge is -2.02. The highest BCUT2D eigenvalue weighted by molar-refractivity contribution is 5.79. The van der Waals surface area contributed by atoms with Gasteiger partial charge in [0.1, 0.15) is 0 Å². The Morgan fingerprint density at radius 1 is 1.78 bits per heavy atom. The van der Waals surface area contributed by atoms with Gasteiger partial charge >= 0.3 is 0 Å². The molecule has 0 aliphatic heterocycles. The Labute approximate surface area is 54.4 Å². The van der Waals surface area contributed by atoms with E-state index in [2.05, 4.69) is 5.32 Å². The van der Waals surface area contributed by atoms with Crippen LogP contribution in [0.2, 0.25) is 0 Å². The Morgan fingerprint density at radius 3 is 2.67 bits per heavy atom. The zero-order valence-corrected chi connectivity index (χ0v) is 5.60. The van der Waals surface area contributed by atoms with Crippen molar-refractivity contribution in [3.8, 4) is 0 Å². The number of rotatable bonds is 3. The largest absolute Gasteiger partial charge is 0.346 e. The molecule has 0 aromatic rings. The van der Waals surface area contributed by atoms with Crippen LogP contribution in [0.15, 0.2) is 0 Å². The van der Waals surface area contributed by atoms with Crippen molar-refractivity contribution in [1.82, 2.24) is 5.32 Å². The van der Waals surface area contributed by atoms with Crippen molar-refractivity contribution in [2.24, 2.45) is 0 Å². The highest BCUT2D eigenvalue weighted by atomic mass is 16.2. The average Bonchev–Trinajstić information content (AvgIpc) is 1.87. The lowest BCUT2D eigenvalue weighted by atomic mass is 10.3. The first-order valence-electron chi connectivity index (χ1n) is 2.87. The molecule has 1 radical (unpaired) electrons. The maximum absolute atomic E-state index is 10.5. The van der Waals surface area contributed by atoms with E-state index in [-0.39, 0.29) is 5.91 Å². The number of amides is 1. The second kappa shape index (κ2) is 4.06. The monoisotopic (exact) mass is 128 g/mol. The summed E-state index contributed by atoms with van der Waals surface area (Å²) in [7, 11) is 0. The van der Waals surface area contributed by atoms with Crippen molar-refractivity contribution < 1.29 is 9.59 Å². The van der Waals surface area contributed by atoms with Crippen molar-refractivity contribution in [3.05, 3.63) is 0 Å². The van der Waals surface area contributed by atoms with E-state index in [0.29, 0.717) is 6.42 Å². The summed E-state index contributed by atoms with van der Waals surface area (Å²) in [5, 5.41) is 2.42. The number of carbonyl (C=O) groups excluding carboxylic acids is 2. The molecule has 0 heterocycles. The van der Waals surface area contributed by atoms with E-state index in [1.165, 1.54) is 0 Å². The molecule has 0 aliphatic rings. The molecule has 1 N–H and O–H groups in total. The Balaban J connectivity index is 3.46. The fourth-order valence-electron chi connectivity index (χ4n) is 0.373. The molecule has 0 spiro atoms. The van der Waals surface area contributed by atoms with E-state index >= 15 is 0 Å². The van der Waals surface area contributed by atoms with Gasteiger partial charge in [-0.05, 0) is 6.92 Å². The van der Waals surface area contributed by atoms with Crippen LogP contribution >= 0.6 is 0 Å². The van der Waals surface area contributed by atoms with Gasteiger partial charge in [-0.25, -0.2) is 0 Å². The van der Waals surface area contributed by atoms with E-state index in [0.717, 1.165) is 0 Å². The standard InChI is InChI=1S/C6H10NO2/c1-3-6(9)7-5(2)4-8/h5H,3H2,1-2H3,(H,7,9)/t5-/m0/s1.